The summed E-state index contributed by atoms with van der Waals surface area (Å²) in [6, 6.07) is 3.40. The van der Waals surface area contributed by atoms with Gasteiger partial charge in [-0.15, -0.1) is 0 Å². The molecule has 0 radical (unpaired) electrons. The van der Waals surface area contributed by atoms with Crippen LogP contribution >= 0.6 is 0 Å². The van der Waals surface area contributed by atoms with Gasteiger partial charge in [0.25, 0.3) is 5.91 Å². The van der Waals surface area contributed by atoms with Gasteiger partial charge in [-0.05, 0) is 26.0 Å². The molecule has 0 saturated heterocycles. The lowest BCUT2D eigenvalue weighted by molar-refractivity contribution is 0.0931. The van der Waals surface area contributed by atoms with E-state index in [0.717, 1.165) is 0 Å². The number of imidazole rings is 1. The van der Waals surface area contributed by atoms with Crippen LogP contribution in [0.4, 0.5) is 5.95 Å². The minimum atomic E-state index is -0.312. The summed E-state index contributed by atoms with van der Waals surface area (Å²) in [6.07, 6.45) is 3.58. The molecule has 1 atom stereocenters. The number of aromatic amines is 1. The van der Waals surface area contributed by atoms with Crippen molar-refractivity contribution >= 4 is 23.0 Å². The Balaban J connectivity index is 1.62. The van der Waals surface area contributed by atoms with Crippen LogP contribution in [-0.4, -0.2) is 43.5 Å². The van der Waals surface area contributed by atoms with Crippen LogP contribution in [-0.2, 0) is 0 Å². The number of fused-ring (bicyclic) bond motifs is 1. The van der Waals surface area contributed by atoms with Gasteiger partial charge in [-0.2, -0.15) is 4.98 Å². The fourth-order valence-electron chi connectivity index (χ4n) is 2.31. The predicted octanol–water partition coefficient (Wildman–Crippen LogP) is 1.29. The minimum Gasteiger partial charge on any atom is -0.477 e. The first-order valence-electron chi connectivity index (χ1n) is 8.42. The van der Waals surface area contributed by atoms with Crippen LogP contribution in [0.1, 0.15) is 36.5 Å². The molecule has 0 spiro atoms. The van der Waals surface area contributed by atoms with Crippen molar-refractivity contribution in [3.63, 3.8) is 0 Å². The highest BCUT2D eigenvalue weighted by atomic mass is 16.5. The van der Waals surface area contributed by atoms with Gasteiger partial charge in [0.2, 0.25) is 11.8 Å². The molecular weight excluding hydrogens is 346 g/mol. The number of H-pyrrole nitrogens is 1. The average Bonchev–Trinajstić information content (AvgIpc) is 3.08. The number of nitrogens with one attached hydrogen (secondary N) is 2. The first-order valence-corrected chi connectivity index (χ1v) is 8.42. The summed E-state index contributed by atoms with van der Waals surface area (Å²) < 4.78 is 5.40. The van der Waals surface area contributed by atoms with Crippen LogP contribution in [0.25, 0.3) is 11.2 Å². The van der Waals surface area contributed by atoms with Crippen molar-refractivity contribution in [2.45, 2.75) is 26.3 Å². The van der Waals surface area contributed by atoms with Crippen molar-refractivity contribution in [1.29, 1.82) is 0 Å². The number of nitrogens with zero attached hydrogens (tertiary/aromatic N) is 4. The SMILES string of the molecule is CCOc1nc(N)ncc1C#CC[C@H](C)NC(=O)c1nc2ncccc2[nH]1. The third-order valence-electron chi connectivity index (χ3n) is 3.53. The Labute approximate surface area is 155 Å². The highest BCUT2D eigenvalue weighted by molar-refractivity contribution is 5.93. The minimum absolute atomic E-state index is 0.130. The van der Waals surface area contributed by atoms with Gasteiger partial charge >= 0.3 is 0 Å². The molecule has 27 heavy (non-hydrogen) atoms. The summed E-state index contributed by atoms with van der Waals surface area (Å²) >= 11 is 0. The average molecular weight is 365 g/mol. The highest BCUT2D eigenvalue weighted by Gasteiger charge is 2.14. The standard InChI is InChI=1S/C18H19N7O2/c1-3-27-17-12(10-21-18(19)25-17)7-4-6-11(2)22-16(26)15-23-13-8-5-9-20-14(13)24-15/h5,8-11H,3,6H2,1-2H3,(H,22,26)(H2,19,21,25)(H,20,23,24)/t11-/m0/s1. The number of carbonyl (C=O) groups excluding carboxylic acids is 1. The zero-order chi connectivity index (χ0) is 19.2. The Kier molecular flexibility index (Phi) is 5.47. The van der Waals surface area contributed by atoms with Crippen molar-refractivity contribution in [3.05, 3.63) is 35.9 Å². The molecule has 0 fully saturated rings. The third kappa shape index (κ3) is 4.49. The summed E-state index contributed by atoms with van der Waals surface area (Å²) in [6.45, 7) is 4.15. The van der Waals surface area contributed by atoms with Crippen LogP contribution in [0.5, 0.6) is 5.88 Å². The normalized spacial score (nSPS) is 11.5. The molecule has 0 aliphatic rings. The van der Waals surface area contributed by atoms with E-state index >= 15 is 0 Å². The van der Waals surface area contributed by atoms with E-state index in [1.807, 2.05) is 19.9 Å². The maximum atomic E-state index is 12.3. The van der Waals surface area contributed by atoms with Gasteiger partial charge in [0.1, 0.15) is 5.56 Å². The van der Waals surface area contributed by atoms with Gasteiger partial charge in [-0.1, -0.05) is 11.8 Å². The number of hydrogen-bond donors (Lipinski definition) is 3. The maximum absolute atomic E-state index is 12.3. The largest absolute Gasteiger partial charge is 0.477 e. The molecule has 138 valence electrons. The predicted molar refractivity (Wildman–Crippen MR) is 99.9 cm³/mol. The van der Waals surface area contributed by atoms with Crippen LogP contribution in [0.3, 0.4) is 0 Å². The molecule has 0 bridgehead atoms. The molecule has 3 aromatic rings. The van der Waals surface area contributed by atoms with E-state index in [0.29, 0.717) is 35.6 Å². The molecule has 9 heteroatoms. The van der Waals surface area contributed by atoms with Gasteiger partial charge in [0.15, 0.2) is 11.5 Å². The van der Waals surface area contributed by atoms with Crippen molar-refractivity contribution < 1.29 is 9.53 Å². The van der Waals surface area contributed by atoms with Crippen LogP contribution in [0.15, 0.2) is 24.5 Å². The molecule has 0 saturated carbocycles. The third-order valence-corrected chi connectivity index (χ3v) is 3.53. The number of nitrogen functional groups attached to an aromatic ring is 1. The number of anilines is 1. The van der Waals surface area contributed by atoms with E-state index < -0.39 is 0 Å². The summed E-state index contributed by atoms with van der Waals surface area (Å²) in [5.41, 5.74) is 7.32. The van der Waals surface area contributed by atoms with Gasteiger partial charge in [0, 0.05) is 18.7 Å². The number of hydrogen-bond acceptors (Lipinski definition) is 7. The second-order valence-electron chi connectivity index (χ2n) is 5.72. The monoisotopic (exact) mass is 365 g/mol. The molecule has 1 amide bonds. The fourth-order valence-corrected chi connectivity index (χ4v) is 2.31. The molecule has 3 heterocycles. The number of pyridine rings is 1. The quantitative estimate of drug-likeness (QED) is 0.580. The molecule has 9 nitrogen and oxygen atoms in total. The molecule has 0 unspecified atom stereocenters. The summed E-state index contributed by atoms with van der Waals surface area (Å²) in [7, 11) is 0. The summed E-state index contributed by atoms with van der Waals surface area (Å²) in [4.78, 5) is 31.5. The van der Waals surface area contributed by atoms with Crippen molar-refractivity contribution in [3.8, 4) is 17.7 Å². The number of ether oxygens (including phenoxy) is 1. The molecule has 0 aliphatic heterocycles. The number of nitrogens with two attached hydrogens (primary N) is 1. The number of rotatable bonds is 5. The second kappa shape index (κ2) is 8.14. The smallest absolute Gasteiger partial charge is 0.287 e. The lowest BCUT2D eigenvalue weighted by Gasteiger charge is -2.09. The Hall–Kier alpha value is -3.67. The van der Waals surface area contributed by atoms with E-state index in [9.17, 15) is 4.79 Å². The number of amides is 1. The van der Waals surface area contributed by atoms with E-state index in [1.165, 1.54) is 6.20 Å². The topological polar surface area (TPSA) is 132 Å². The molecule has 3 rings (SSSR count). The fraction of sp³-hybridized carbons (Fsp3) is 0.278. The Morgan fingerprint density at radius 1 is 1.41 bits per heavy atom. The van der Waals surface area contributed by atoms with Crippen LogP contribution in [0.2, 0.25) is 0 Å². The molecule has 0 aliphatic carbocycles. The highest BCUT2D eigenvalue weighted by Crippen LogP contribution is 2.14. The lowest BCUT2D eigenvalue weighted by atomic mass is 10.2. The summed E-state index contributed by atoms with van der Waals surface area (Å²) in [5.74, 6) is 6.33. The van der Waals surface area contributed by atoms with Gasteiger partial charge in [-0.3, -0.25) is 4.79 Å². The molecule has 0 aromatic carbocycles. The van der Waals surface area contributed by atoms with Crippen molar-refractivity contribution in [2.24, 2.45) is 0 Å². The van der Waals surface area contributed by atoms with Crippen LogP contribution in [0, 0.1) is 11.8 Å². The van der Waals surface area contributed by atoms with E-state index in [4.69, 9.17) is 10.5 Å². The Morgan fingerprint density at radius 2 is 2.26 bits per heavy atom. The van der Waals surface area contributed by atoms with Gasteiger partial charge in [0.05, 0.1) is 18.3 Å². The Bertz CT molecular complexity index is 986. The molecule has 4 N–H and O–H groups in total. The first-order chi connectivity index (χ1) is 13.1. The molecule has 3 aromatic heterocycles. The number of carbonyl (C=O) groups is 1. The lowest BCUT2D eigenvalue weighted by Crippen LogP contribution is -2.32. The summed E-state index contributed by atoms with van der Waals surface area (Å²) in [5, 5.41) is 2.85. The number of aromatic nitrogens is 5. The van der Waals surface area contributed by atoms with Crippen LogP contribution < -0.4 is 15.8 Å². The van der Waals surface area contributed by atoms with Gasteiger partial charge in [-0.25, -0.2) is 15.0 Å². The van der Waals surface area contributed by atoms with E-state index in [1.54, 1.807) is 12.3 Å². The molecular formula is C18H19N7O2. The zero-order valence-corrected chi connectivity index (χ0v) is 15.0. The van der Waals surface area contributed by atoms with E-state index in [2.05, 4.69) is 42.1 Å². The first kappa shape index (κ1) is 18.1. The van der Waals surface area contributed by atoms with E-state index in [-0.39, 0.29) is 23.7 Å². The van der Waals surface area contributed by atoms with Crippen molar-refractivity contribution in [1.82, 2.24) is 30.2 Å². The Morgan fingerprint density at radius 3 is 3.04 bits per heavy atom. The zero-order valence-electron chi connectivity index (χ0n) is 15.0. The van der Waals surface area contributed by atoms with Gasteiger partial charge < -0.3 is 20.8 Å². The second-order valence-corrected chi connectivity index (χ2v) is 5.72. The van der Waals surface area contributed by atoms with Crippen molar-refractivity contribution in [2.75, 3.05) is 12.3 Å². The maximum Gasteiger partial charge on any atom is 0.287 e.